The number of nitrogens with zero attached hydrogens (tertiary/aromatic N) is 4. The molecule has 1 atom stereocenters. The first kappa shape index (κ1) is 17.5. The molecule has 0 saturated carbocycles. The summed E-state index contributed by atoms with van der Waals surface area (Å²) >= 11 is 0. The summed E-state index contributed by atoms with van der Waals surface area (Å²) in [6, 6.07) is 7.50. The maximum absolute atomic E-state index is 6.04. The van der Waals surface area contributed by atoms with E-state index in [1.807, 2.05) is 30.5 Å². The van der Waals surface area contributed by atoms with Crippen molar-refractivity contribution in [3.63, 3.8) is 0 Å². The van der Waals surface area contributed by atoms with Crippen molar-refractivity contribution in [2.45, 2.75) is 25.3 Å². The van der Waals surface area contributed by atoms with Crippen molar-refractivity contribution in [1.29, 1.82) is 0 Å². The summed E-state index contributed by atoms with van der Waals surface area (Å²) in [5.41, 5.74) is 2.05. The van der Waals surface area contributed by atoms with Gasteiger partial charge in [0.05, 0.1) is 13.4 Å². The summed E-state index contributed by atoms with van der Waals surface area (Å²) in [6.45, 7) is 2.87. The molecule has 7 heteroatoms. The molecule has 1 N–H and O–H groups in total. The number of hydrogen-bond donors (Lipinski definition) is 1. The van der Waals surface area contributed by atoms with Gasteiger partial charge in [0.15, 0.2) is 0 Å². The van der Waals surface area contributed by atoms with Crippen LogP contribution in [0.5, 0.6) is 17.4 Å². The molecule has 2 aromatic heterocycles. The zero-order chi connectivity index (χ0) is 18.5. The second kappa shape index (κ2) is 8.18. The molecule has 0 amide bonds. The fourth-order valence-electron chi connectivity index (χ4n) is 3.48. The van der Waals surface area contributed by atoms with E-state index < -0.39 is 0 Å². The molecule has 0 aliphatic carbocycles. The van der Waals surface area contributed by atoms with Crippen LogP contribution in [0.4, 0.5) is 0 Å². The summed E-state index contributed by atoms with van der Waals surface area (Å²) < 4.78 is 11.2. The number of likely N-dealkylation sites (tertiary alicyclic amines) is 1. The Morgan fingerprint density at radius 1 is 1.15 bits per heavy atom. The third kappa shape index (κ3) is 4.25. The van der Waals surface area contributed by atoms with Gasteiger partial charge in [-0.05, 0) is 43.7 Å². The monoisotopic (exact) mass is 365 g/mol. The number of aromatic amines is 1. The third-order valence-electron chi connectivity index (χ3n) is 4.81. The summed E-state index contributed by atoms with van der Waals surface area (Å²) in [6.07, 6.45) is 9.22. The van der Waals surface area contributed by atoms with Crippen LogP contribution < -0.4 is 9.47 Å². The van der Waals surface area contributed by atoms with E-state index in [9.17, 15) is 0 Å². The summed E-state index contributed by atoms with van der Waals surface area (Å²) in [5, 5.41) is 0. The number of hydrogen-bond acceptors (Lipinski definition) is 6. The van der Waals surface area contributed by atoms with Gasteiger partial charge in [-0.1, -0.05) is 0 Å². The number of aromatic nitrogens is 4. The number of methoxy groups -OCH3 is 1. The Kier molecular flexibility index (Phi) is 5.29. The molecule has 0 bridgehead atoms. The van der Waals surface area contributed by atoms with Gasteiger partial charge < -0.3 is 14.5 Å². The minimum atomic E-state index is 0.295. The van der Waals surface area contributed by atoms with E-state index >= 15 is 0 Å². The Morgan fingerprint density at radius 2 is 1.96 bits per heavy atom. The first-order valence-corrected chi connectivity index (χ1v) is 9.14. The van der Waals surface area contributed by atoms with Crippen LogP contribution in [0, 0.1) is 0 Å². The van der Waals surface area contributed by atoms with Gasteiger partial charge in [-0.2, -0.15) is 0 Å². The number of ether oxygens (including phenoxy) is 2. The number of piperidine rings is 1. The molecule has 4 rings (SSSR count). The number of imidazole rings is 1. The van der Waals surface area contributed by atoms with Crippen LogP contribution in [0.1, 0.15) is 30.1 Å². The fourth-order valence-corrected chi connectivity index (χ4v) is 3.48. The van der Waals surface area contributed by atoms with Crippen molar-refractivity contribution in [3.05, 3.63) is 60.6 Å². The molecule has 140 valence electrons. The van der Waals surface area contributed by atoms with Gasteiger partial charge in [-0.25, -0.2) is 9.97 Å². The fraction of sp³-hybridized carbons (Fsp3) is 0.350. The number of benzene rings is 1. The van der Waals surface area contributed by atoms with E-state index in [2.05, 4.69) is 24.8 Å². The quantitative estimate of drug-likeness (QED) is 0.722. The molecule has 7 nitrogen and oxygen atoms in total. The van der Waals surface area contributed by atoms with Crippen LogP contribution >= 0.6 is 0 Å². The molecule has 3 aromatic rings. The zero-order valence-electron chi connectivity index (χ0n) is 15.3. The lowest BCUT2D eigenvalue weighted by atomic mass is 9.94. The van der Waals surface area contributed by atoms with Crippen LogP contribution in [0.25, 0.3) is 0 Å². The van der Waals surface area contributed by atoms with Gasteiger partial charge in [-0.15, -0.1) is 0 Å². The minimum absolute atomic E-state index is 0.295. The Bertz CT molecular complexity index is 851. The normalized spacial score (nSPS) is 17.6. The molecule has 1 aliphatic rings. The summed E-state index contributed by atoms with van der Waals surface area (Å²) in [5.74, 6) is 2.39. The largest absolute Gasteiger partial charge is 0.497 e. The van der Waals surface area contributed by atoms with Crippen molar-refractivity contribution in [3.8, 4) is 17.4 Å². The van der Waals surface area contributed by atoms with E-state index in [1.54, 1.807) is 25.8 Å². The average Bonchev–Trinajstić information content (AvgIpc) is 3.22. The molecule has 1 aliphatic heterocycles. The molecule has 0 spiro atoms. The highest BCUT2D eigenvalue weighted by atomic mass is 16.5. The Hall–Kier alpha value is -2.93. The second-order valence-corrected chi connectivity index (χ2v) is 6.68. The molecular weight excluding hydrogens is 342 g/mol. The summed E-state index contributed by atoms with van der Waals surface area (Å²) in [4.78, 5) is 18.8. The predicted octanol–water partition coefficient (Wildman–Crippen LogP) is 3.38. The SMILES string of the molecule is COc1ccc(Oc2nccnc2[C@@H]2CCCN(Cc3cnc[nH]3)C2)cc1. The van der Waals surface area contributed by atoms with E-state index in [-0.39, 0.29) is 0 Å². The smallest absolute Gasteiger partial charge is 0.241 e. The van der Waals surface area contributed by atoms with E-state index in [0.29, 0.717) is 11.8 Å². The predicted molar refractivity (Wildman–Crippen MR) is 101 cm³/mol. The molecule has 1 fully saturated rings. The second-order valence-electron chi connectivity index (χ2n) is 6.68. The van der Waals surface area contributed by atoms with Crippen LogP contribution in [0.15, 0.2) is 49.2 Å². The van der Waals surface area contributed by atoms with Crippen molar-refractivity contribution in [2.75, 3.05) is 20.2 Å². The van der Waals surface area contributed by atoms with Gasteiger partial charge in [0.25, 0.3) is 0 Å². The highest BCUT2D eigenvalue weighted by molar-refractivity contribution is 5.35. The van der Waals surface area contributed by atoms with Crippen molar-refractivity contribution in [2.24, 2.45) is 0 Å². The molecule has 27 heavy (non-hydrogen) atoms. The maximum Gasteiger partial charge on any atom is 0.241 e. The van der Waals surface area contributed by atoms with Gasteiger partial charge in [0, 0.05) is 43.3 Å². The lowest BCUT2D eigenvalue weighted by molar-refractivity contribution is 0.195. The van der Waals surface area contributed by atoms with Crippen LogP contribution in [-0.4, -0.2) is 45.0 Å². The minimum Gasteiger partial charge on any atom is -0.497 e. The van der Waals surface area contributed by atoms with Gasteiger partial charge >= 0.3 is 0 Å². The Morgan fingerprint density at radius 3 is 2.74 bits per heavy atom. The van der Waals surface area contributed by atoms with Crippen LogP contribution in [0.2, 0.25) is 0 Å². The molecule has 0 unspecified atom stereocenters. The highest BCUT2D eigenvalue weighted by Crippen LogP contribution is 2.33. The number of rotatable bonds is 6. The van der Waals surface area contributed by atoms with Crippen LogP contribution in [0.3, 0.4) is 0 Å². The maximum atomic E-state index is 6.04. The standard InChI is InChI=1S/C20H23N5O2/c1-26-17-4-6-18(7-5-17)27-20-19(22-8-9-23-20)15-3-2-10-25(12-15)13-16-11-21-14-24-16/h4-9,11,14-15H,2-3,10,12-13H2,1H3,(H,21,24)/t15-/m1/s1. The average molecular weight is 365 g/mol. The molecule has 3 heterocycles. The first-order chi connectivity index (χ1) is 13.3. The number of H-pyrrole nitrogens is 1. The van der Waals surface area contributed by atoms with E-state index in [0.717, 1.165) is 55.4 Å². The van der Waals surface area contributed by atoms with E-state index in [1.165, 1.54) is 0 Å². The first-order valence-electron chi connectivity index (χ1n) is 9.14. The van der Waals surface area contributed by atoms with Gasteiger partial charge in [0.1, 0.15) is 17.2 Å². The van der Waals surface area contributed by atoms with E-state index in [4.69, 9.17) is 9.47 Å². The van der Waals surface area contributed by atoms with Gasteiger partial charge in [-0.3, -0.25) is 9.88 Å². The number of nitrogens with one attached hydrogen (secondary N) is 1. The van der Waals surface area contributed by atoms with Crippen molar-refractivity contribution >= 4 is 0 Å². The third-order valence-corrected chi connectivity index (χ3v) is 4.81. The molecule has 0 radical (unpaired) electrons. The molecule has 1 saturated heterocycles. The van der Waals surface area contributed by atoms with Crippen molar-refractivity contribution < 1.29 is 9.47 Å². The lowest BCUT2D eigenvalue weighted by Crippen LogP contribution is -2.34. The molecular formula is C20H23N5O2. The molecule has 1 aromatic carbocycles. The van der Waals surface area contributed by atoms with Gasteiger partial charge in [0.2, 0.25) is 5.88 Å². The van der Waals surface area contributed by atoms with Crippen molar-refractivity contribution in [1.82, 2.24) is 24.8 Å². The van der Waals surface area contributed by atoms with Crippen LogP contribution in [-0.2, 0) is 6.54 Å². The summed E-state index contributed by atoms with van der Waals surface area (Å²) in [7, 11) is 1.65. The lowest BCUT2D eigenvalue weighted by Gasteiger charge is -2.32. The topological polar surface area (TPSA) is 76.2 Å². The zero-order valence-corrected chi connectivity index (χ0v) is 15.3. The Labute approximate surface area is 158 Å². The Balaban J connectivity index is 1.49. The highest BCUT2D eigenvalue weighted by Gasteiger charge is 2.26.